The van der Waals surface area contributed by atoms with Gasteiger partial charge in [-0.05, 0) is 0 Å². The van der Waals surface area contributed by atoms with Crippen LogP contribution in [-0.2, 0) is 0 Å². The molecule has 3 rings (SSSR count). The van der Waals surface area contributed by atoms with E-state index in [-0.39, 0.29) is 19.7 Å². The molecule has 3 aromatic rings. The second-order valence-corrected chi connectivity index (χ2v) is 8.12. The van der Waals surface area contributed by atoms with Crippen LogP contribution in [0.4, 0.5) is 0 Å². The van der Waals surface area contributed by atoms with Crippen molar-refractivity contribution in [1.82, 2.24) is 9.19 Å². The van der Waals surface area contributed by atoms with Gasteiger partial charge < -0.3 is 0 Å². The van der Waals surface area contributed by atoms with Gasteiger partial charge in [-0.3, -0.25) is 0 Å². The maximum absolute atomic E-state index is 11.9. The minimum atomic E-state index is -1.19. The molecule has 1 heterocycles. The van der Waals surface area contributed by atoms with E-state index in [1.54, 1.807) is 21.0 Å². The van der Waals surface area contributed by atoms with Gasteiger partial charge in [0.25, 0.3) is 0 Å². The molecule has 0 radical (unpaired) electrons. The molecule has 1 unspecified atom stereocenters. The first kappa shape index (κ1) is 18.3. The molecule has 134 valence electrons. The van der Waals surface area contributed by atoms with Crippen molar-refractivity contribution in [2.24, 2.45) is 0 Å². The third kappa shape index (κ3) is 3.41. The topological polar surface area (TPSA) is 78.2 Å². The zero-order valence-electron chi connectivity index (χ0n) is 14.7. The molecule has 7 heteroatoms. The Hall–Kier alpha value is -2.50. The Balaban J connectivity index is 2.16. The van der Waals surface area contributed by atoms with Gasteiger partial charge in [-0.25, -0.2) is 0 Å². The summed E-state index contributed by atoms with van der Waals surface area (Å²) in [5.41, 5.74) is 1.36. The van der Waals surface area contributed by atoms with E-state index in [1.807, 2.05) is 54.6 Å². The van der Waals surface area contributed by atoms with Crippen LogP contribution in [0.1, 0.15) is 29.8 Å². The van der Waals surface area contributed by atoms with Crippen LogP contribution in [0.5, 0.6) is 5.75 Å². The van der Waals surface area contributed by atoms with Crippen molar-refractivity contribution < 1.29 is 9.66 Å². The molecule has 0 aliphatic heterocycles. The van der Waals surface area contributed by atoms with E-state index in [1.165, 1.54) is 0 Å². The van der Waals surface area contributed by atoms with Crippen LogP contribution in [0, 0.1) is 10.1 Å². The monoisotopic (exact) mass is 417 g/mol. The van der Waals surface area contributed by atoms with E-state index in [0.29, 0.717) is 0 Å². The average Bonchev–Trinajstić information content (AvgIpc) is 3.12. The first-order chi connectivity index (χ1) is 12.4. The SMILES string of the molecule is COc1ccc(C(c2[se]nnc2-c2ccccc2)C(C)(C)[N+](=O)[O-])cc1. The van der Waals surface area contributed by atoms with Crippen molar-refractivity contribution in [2.75, 3.05) is 7.11 Å². The molecule has 6 nitrogen and oxygen atoms in total. The van der Waals surface area contributed by atoms with Crippen molar-refractivity contribution in [3.05, 3.63) is 74.7 Å². The van der Waals surface area contributed by atoms with Gasteiger partial charge in [0.1, 0.15) is 0 Å². The molecule has 2 aromatic carbocycles. The standard InChI is InChI=1S/C19H19N3O3Se/c1-19(2,22(23)24)16(13-9-11-15(25-3)12-10-13)18-17(20-21-26-18)14-7-5-4-6-8-14/h4-12,16H,1-3H3. The van der Waals surface area contributed by atoms with E-state index in [9.17, 15) is 10.1 Å². The summed E-state index contributed by atoms with van der Waals surface area (Å²) in [6, 6.07) is 17.2. The van der Waals surface area contributed by atoms with Crippen molar-refractivity contribution in [1.29, 1.82) is 0 Å². The molecule has 0 saturated heterocycles. The molecule has 0 N–H and O–H groups in total. The first-order valence-corrected chi connectivity index (χ1v) is 9.73. The third-order valence-corrected chi connectivity index (χ3v) is 6.10. The number of methoxy groups -OCH3 is 1. The van der Waals surface area contributed by atoms with E-state index in [2.05, 4.69) is 9.19 Å². The molecule has 0 aliphatic rings. The number of hydrogen-bond acceptors (Lipinski definition) is 5. The summed E-state index contributed by atoms with van der Waals surface area (Å²) >= 11 is -0.275. The molecule has 1 atom stereocenters. The number of nitro groups is 1. The Morgan fingerprint density at radius 2 is 1.77 bits per heavy atom. The van der Waals surface area contributed by atoms with Crippen molar-refractivity contribution in [3.8, 4) is 17.0 Å². The Morgan fingerprint density at radius 3 is 2.35 bits per heavy atom. The fourth-order valence-electron chi connectivity index (χ4n) is 2.97. The quantitative estimate of drug-likeness (QED) is 0.350. The summed E-state index contributed by atoms with van der Waals surface area (Å²) in [4.78, 5) is 11.6. The first-order valence-electron chi connectivity index (χ1n) is 8.11. The molecule has 0 saturated carbocycles. The van der Waals surface area contributed by atoms with E-state index in [0.717, 1.165) is 27.0 Å². The fraction of sp³-hybridized carbons (Fsp3) is 0.263. The van der Waals surface area contributed by atoms with Crippen LogP contribution in [0.25, 0.3) is 11.3 Å². The number of hydrogen-bond donors (Lipinski definition) is 0. The van der Waals surface area contributed by atoms with Crippen molar-refractivity contribution in [2.45, 2.75) is 25.3 Å². The molecule has 1 aromatic heterocycles. The van der Waals surface area contributed by atoms with Crippen molar-refractivity contribution >= 4 is 14.7 Å². The van der Waals surface area contributed by atoms with Gasteiger partial charge in [-0.2, -0.15) is 0 Å². The summed E-state index contributed by atoms with van der Waals surface area (Å²) in [6.45, 7) is 3.32. The second kappa shape index (κ2) is 7.40. The number of nitrogens with zero attached hydrogens (tertiary/aromatic N) is 3. The molecule has 0 fully saturated rings. The second-order valence-electron chi connectivity index (χ2n) is 6.47. The van der Waals surface area contributed by atoms with E-state index < -0.39 is 11.5 Å². The normalized spacial score (nSPS) is 12.6. The summed E-state index contributed by atoms with van der Waals surface area (Å²) in [6.07, 6.45) is 0. The van der Waals surface area contributed by atoms with E-state index in [4.69, 9.17) is 4.74 Å². The van der Waals surface area contributed by atoms with Gasteiger partial charge in [-0.15, -0.1) is 0 Å². The molecule has 0 bridgehead atoms. The van der Waals surface area contributed by atoms with Gasteiger partial charge >= 0.3 is 158 Å². The van der Waals surface area contributed by atoms with Crippen LogP contribution in [-0.4, -0.2) is 41.5 Å². The van der Waals surface area contributed by atoms with Crippen LogP contribution in [0.3, 0.4) is 0 Å². The summed E-state index contributed by atoms with van der Waals surface area (Å²) in [7, 11) is 1.60. The van der Waals surface area contributed by atoms with Crippen LogP contribution in [0.2, 0.25) is 0 Å². The van der Waals surface area contributed by atoms with Crippen LogP contribution >= 0.6 is 0 Å². The maximum atomic E-state index is 11.9. The van der Waals surface area contributed by atoms with E-state index >= 15 is 0 Å². The summed E-state index contributed by atoms with van der Waals surface area (Å²) in [5.74, 6) is 0.295. The van der Waals surface area contributed by atoms with Gasteiger partial charge in [0.15, 0.2) is 0 Å². The van der Waals surface area contributed by atoms with Gasteiger partial charge in [0, 0.05) is 0 Å². The number of ether oxygens (including phenoxy) is 1. The Kier molecular flexibility index (Phi) is 5.20. The van der Waals surface area contributed by atoms with Crippen molar-refractivity contribution in [3.63, 3.8) is 0 Å². The van der Waals surface area contributed by atoms with Crippen LogP contribution < -0.4 is 4.74 Å². The Labute approximate surface area is 158 Å². The van der Waals surface area contributed by atoms with Gasteiger partial charge in [-0.1, -0.05) is 0 Å². The molecule has 0 amide bonds. The molecule has 0 aliphatic carbocycles. The minimum absolute atomic E-state index is 0.216. The Morgan fingerprint density at radius 1 is 1.12 bits per heavy atom. The summed E-state index contributed by atoms with van der Waals surface area (Å²) < 4.78 is 10.4. The van der Waals surface area contributed by atoms with Gasteiger partial charge in [0.05, 0.1) is 0 Å². The zero-order valence-corrected chi connectivity index (χ0v) is 16.5. The average molecular weight is 416 g/mol. The number of benzene rings is 2. The molecule has 0 spiro atoms. The predicted octanol–water partition coefficient (Wildman–Crippen LogP) is 3.40. The Bertz CT molecular complexity index is 892. The predicted molar refractivity (Wildman–Crippen MR) is 100 cm³/mol. The molecular weight excluding hydrogens is 397 g/mol. The molecule has 26 heavy (non-hydrogen) atoms. The number of rotatable bonds is 6. The fourth-order valence-corrected chi connectivity index (χ4v) is 5.03. The number of aromatic nitrogens is 2. The molecular formula is C19H19N3O3Se. The van der Waals surface area contributed by atoms with Crippen LogP contribution in [0.15, 0.2) is 54.6 Å². The summed E-state index contributed by atoms with van der Waals surface area (Å²) in [5, 5.41) is 16.2. The van der Waals surface area contributed by atoms with Gasteiger partial charge in [0.2, 0.25) is 0 Å². The third-order valence-electron chi connectivity index (χ3n) is 4.45. The zero-order chi connectivity index (χ0) is 18.7.